The summed E-state index contributed by atoms with van der Waals surface area (Å²) in [5.41, 5.74) is 2.11. The maximum atomic E-state index is 13.3. The number of benzene rings is 1. The van der Waals surface area contributed by atoms with Gasteiger partial charge in [-0.05, 0) is 61.8 Å². The van der Waals surface area contributed by atoms with Crippen LogP contribution in [0, 0.1) is 11.8 Å². The Labute approximate surface area is 174 Å². The fraction of sp³-hybridized carbons (Fsp3) is 0.667. The molecule has 5 nitrogen and oxygen atoms in total. The largest absolute Gasteiger partial charge is 0.355 e. The molecule has 5 heteroatoms. The number of piperidine rings is 3. The van der Waals surface area contributed by atoms with Gasteiger partial charge in [0.15, 0.2) is 0 Å². The van der Waals surface area contributed by atoms with Gasteiger partial charge in [0.2, 0.25) is 5.91 Å². The normalized spacial score (nSPS) is 29.2. The zero-order valence-corrected chi connectivity index (χ0v) is 17.9. The number of rotatable bonds is 5. The Balaban J connectivity index is 1.51. The number of hydrogen-bond donors (Lipinski definition) is 1. The maximum absolute atomic E-state index is 13.3. The summed E-state index contributed by atoms with van der Waals surface area (Å²) < 4.78 is 0. The van der Waals surface area contributed by atoms with Crippen molar-refractivity contribution in [2.45, 2.75) is 64.5 Å². The Bertz CT molecular complexity index is 732. The average Bonchev–Trinajstić information content (AvgIpc) is 2.73. The lowest BCUT2D eigenvalue weighted by atomic mass is 9.72. The zero-order chi connectivity index (χ0) is 20.4. The summed E-state index contributed by atoms with van der Waals surface area (Å²) in [7, 11) is 0. The molecule has 2 bridgehead atoms. The van der Waals surface area contributed by atoms with Crippen LogP contribution < -0.4 is 5.32 Å². The van der Waals surface area contributed by atoms with Gasteiger partial charge in [0.1, 0.15) is 0 Å². The molecule has 0 unspecified atom stereocenters. The third-order valence-corrected chi connectivity index (χ3v) is 7.21. The highest BCUT2D eigenvalue weighted by molar-refractivity contribution is 5.94. The van der Waals surface area contributed by atoms with Gasteiger partial charge in [-0.1, -0.05) is 31.9 Å². The van der Waals surface area contributed by atoms with Gasteiger partial charge in [0.05, 0.1) is 0 Å². The standard InChI is InChI=1S/C24H35N3O2/c1-3-6-18-8-10-19(11-9-18)24(29)26-15-20-13-21(16-26)23(14-25-17(2)28)27-12-5-4-7-22(20)27/h8-11,20-23H,3-7,12-16H2,1-2H3,(H,25,28)/t20-,21+,22+,23+/m1/s1. The Morgan fingerprint density at radius 3 is 2.59 bits per heavy atom. The summed E-state index contributed by atoms with van der Waals surface area (Å²) in [5, 5.41) is 3.06. The van der Waals surface area contributed by atoms with Gasteiger partial charge in [0.25, 0.3) is 5.91 Å². The molecule has 2 amide bonds. The van der Waals surface area contributed by atoms with Gasteiger partial charge in [-0.2, -0.15) is 0 Å². The molecule has 29 heavy (non-hydrogen) atoms. The number of nitrogens with one attached hydrogen (secondary N) is 1. The van der Waals surface area contributed by atoms with Crippen LogP contribution in [0.2, 0.25) is 0 Å². The van der Waals surface area contributed by atoms with E-state index in [1.54, 1.807) is 6.92 Å². The van der Waals surface area contributed by atoms with Crippen LogP contribution in [0.1, 0.15) is 61.9 Å². The minimum Gasteiger partial charge on any atom is -0.355 e. The van der Waals surface area contributed by atoms with Gasteiger partial charge in [-0.25, -0.2) is 0 Å². The maximum Gasteiger partial charge on any atom is 0.253 e. The molecule has 3 aliphatic heterocycles. The van der Waals surface area contributed by atoms with Crippen LogP contribution in [0.4, 0.5) is 0 Å². The number of amides is 2. The first-order valence-corrected chi connectivity index (χ1v) is 11.4. The van der Waals surface area contributed by atoms with E-state index >= 15 is 0 Å². The molecule has 1 N–H and O–H groups in total. The number of carbonyl (C=O) groups excluding carboxylic acids is 2. The van der Waals surface area contributed by atoms with Crippen molar-refractivity contribution in [1.29, 1.82) is 0 Å². The zero-order valence-electron chi connectivity index (χ0n) is 17.9. The van der Waals surface area contributed by atoms with Crippen molar-refractivity contribution in [3.8, 4) is 0 Å². The predicted molar refractivity (Wildman–Crippen MR) is 115 cm³/mol. The van der Waals surface area contributed by atoms with Crippen LogP contribution in [-0.2, 0) is 11.2 Å². The lowest BCUT2D eigenvalue weighted by Crippen LogP contribution is -2.66. The summed E-state index contributed by atoms with van der Waals surface area (Å²) in [5.74, 6) is 1.21. The quantitative estimate of drug-likeness (QED) is 0.831. The van der Waals surface area contributed by atoms with E-state index in [4.69, 9.17) is 0 Å². The van der Waals surface area contributed by atoms with Gasteiger partial charge in [-0.15, -0.1) is 0 Å². The molecule has 3 saturated heterocycles. The summed E-state index contributed by atoms with van der Waals surface area (Å²) in [4.78, 5) is 29.6. The third-order valence-electron chi connectivity index (χ3n) is 7.21. The van der Waals surface area contributed by atoms with Crippen LogP contribution in [0.25, 0.3) is 0 Å². The second-order valence-corrected chi connectivity index (χ2v) is 9.22. The molecule has 0 radical (unpaired) electrons. The topological polar surface area (TPSA) is 52.7 Å². The first-order valence-electron chi connectivity index (χ1n) is 11.4. The molecule has 0 aliphatic carbocycles. The third kappa shape index (κ3) is 4.35. The highest BCUT2D eigenvalue weighted by Crippen LogP contribution is 2.41. The van der Waals surface area contributed by atoms with E-state index in [1.165, 1.54) is 31.2 Å². The second kappa shape index (κ2) is 8.86. The molecule has 158 valence electrons. The lowest BCUT2D eigenvalue weighted by Gasteiger charge is -2.56. The van der Waals surface area contributed by atoms with Gasteiger partial charge < -0.3 is 10.2 Å². The van der Waals surface area contributed by atoms with E-state index in [0.29, 0.717) is 30.5 Å². The van der Waals surface area contributed by atoms with Gasteiger partial charge in [-0.3, -0.25) is 14.5 Å². The number of carbonyl (C=O) groups is 2. The molecule has 3 fully saturated rings. The summed E-state index contributed by atoms with van der Waals surface area (Å²) in [6.45, 7) is 7.29. The average molecular weight is 398 g/mol. The van der Waals surface area contributed by atoms with Crippen LogP contribution in [-0.4, -0.2) is 59.9 Å². The van der Waals surface area contributed by atoms with E-state index in [1.807, 2.05) is 12.1 Å². The highest BCUT2D eigenvalue weighted by atomic mass is 16.2. The number of aryl methyl sites for hydroxylation is 1. The molecule has 0 saturated carbocycles. The molecule has 1 aromatic carbocycles. The second-order valence-electron chi connectivity index (χ2n) is 9.22. The molecule has 0 spiro atoms. The molecular formula is C24H35N3O2. The van der Waals surface area contributed by atoms with Crippen molar-refractivity contribution in [1.82, 2.24) is 15.1 Å². The summed E-state index contributed by atoms with van der Waals surface area (Å²) in [6, 6.07) is 9.11. The Hall–Kier alpha value is -1.88. The van der Waals surface area contributed by atoms with E-state index in [0.717, 1.165) is 38.0 Å². The molecule has 3 aliphatic rings. The van der Waals surface area contributed by atoms with Gasteiger partial charge in [0, 0.05) is 44.2 Å². The van der Waals surface area contributed by atoms with E-state index in [2.05, 4.69) is 34.2 Å². The molecule has 0 aromatic heterocycles. The fourth-order valence-corrected chi connectivity index (χ4v) is 5.89. The van der Waals surface area contributed by atoms with Crippen molar-refractivity contribution in [2.24, 2.45) is 11.8 Å². The minimum absolute atomic E-state index is 0.0385. The first kappa shape index (κ1) is 20.4. The van der Waals surface area contributed by atoms with Crippen molar-refractivity contribution < 1.29 is 9.59 Å². The van der Waals surface area contributed by atoms with Crippen molar-refractivity contribution in [2.75, 3.05) is 26.2 Å². The summed E-state index contributed by atoms with van der Waals surface area (Å²) >= 11 is 0. The lowest BCUT2D eigenvalue weighted by molar-refractivity contribution is -0.120. The number of hydrogen-bond acceptors (Lipinski definition) is 3. The fourth-order valence-electron chi connectivity index (χ4n) is 5.89. The first-order chi connectivity index (χ1) is 14.1. The number of fused-ring (bicyclic) bond motifs is 4. The van der Waals surface area contributed by atoms with E-state index in [9.17, 15) is 9.59 Å². The Morgan fingerprint density at radius 2 is 1.86 bits per heavy atom. The van der Waals surface area contributed by atoms with Crippen LogP contribution >= 0.6 is 0 Å². The van der Waals surface area contributed by atoms with E-state index < -0.39 is 0 Å². The van der Waals surface area contributed by atoms with Crippen molar-refractivity contribution in [3.05, 3.63) is 35.4 Å². The number of likely N-dealkylation sites (tertiary alicyclic amines) is 1. The van der Waals surface area contributed by atoms with Crippen LogP contribution in [0.3, 0.4) is 0 Å². The Morgan fingerprint density at radius 1 is 1.10 bits per heavy atom. The monoisotopic (exact) mass is 397 g/mol. The smallest absolute Gasteiger partial charge is 0.253 e. The predicted octanol–water partition coefficient (Wildman–Crippen LogP) is 3.09. The molecular weight excluding hydrogens is 362 g/mol. The minimum atomic E-state index is 0.0385. The molecule has 1 aromatic rings. The highest BCUT2D eigenvalue weighted by Gasteiger charge is 2.47. The number of nitrogens with zero attached hydrogens (tertiary/aromatic N) is 2. The molecule has 3 heterocycles. The Kier molecular flexibility index (Phi) is 6.23. The van der Waals surface area contributed by atoms with Crippen LogP contribution in [0.15, 0.2) is 24.3 Å². The van der Waals surface area contributed by atoms with Gasteiger partial charge >= 0.3 is 0 Å². The van der Waals surface area contributed by atoms with E-state index in [-0.39, 0.29) is 11.8 Å². The molecule has 4 rings (SSSR count). The summed E-state index contributed by atoms with van der Waals surface area (Å²) in [6.07, 6.45) is 7.12. The van der Waals surface area contributed by atoms with Crippen molar-refractivity contribution >= 4 is 11.8 Å². The van der Waals surface area contributed by atoms with Crippen molar-refractivity contribution in [3.63, 3.8) is 0 Å². The van der Waals surface area contributed by atoms with Crippen LogP contribution in [0.5, 0.6) is 0 Å². The molecule has 4 atom stereocenters. The SMILES string of the molecule is CCCc1ccc(C(=O)N2C[C@H]3C[C@@H](C2)[C@H](CNC(C)=O)N2CCCC[C@@H]32)cc1.